The maximum absolute atomic E-state index is 12.4. The second-order valence-electron chi connectivity index (χ2n) is 13.7. The van der Waals surface area contributed by atoms with Gasteiger partial charge in [0.2, 0.25) is 5.91 Å². The Hall–Kier alpha value is -5.12. The fourth-order valence-corrected chi connectivity index (χ4v) is 6.77. The van der Waals surface area contributed by atoms with E-state index in [9.17, 15) is 14.7 Å². The molecule has 1 heterocycles. The quantitative estimate of drug-likeness (QED) is 0.0832. The largest absolute Gasteiger partial charge is 0.481 e. The molecule has 1 aliphatic heterocycles. The molecule has 274 valence electrons. The van der Waals surface area contributed by atoms with Gasteiger partial charge in [0.15, 0.2) is 6.29 Å². The summed E-state index contributed by atoms with van der Waals surface area (Å²) in [7, 11) is 0. The van der Waals surface area contributed by atoms with Gasteiger partial charge in [-0.1, -0.05) is 121 Å². The van der Waals surface area contributed by atoms with Crippen LogP contribution in [0.5, 0.6) is 0 Å². The van der Waals surface area contributed by atoms with Crippen molar-refractivity contribution in [2.75, 3.05) is 6.54 Å². The first-order valence-corrected chi connectivity index (χ1v) is 18.4. The van der Waals surface area contributed by atoms with Crippen molar-refractivity contribution < 1.29 is 29.3 Å². The van der Waals surface area contributed by atoms with Gasteiger partial charge in [0.05, 0.1) is 18.8 Å². The number of hydrogen-bond acceptors (Lipinski definition) is 6. The van der Waals surface area contributed by atoms with Gasteiger partial charge in [-0.05, 0) is 63.9 Å². The summed E-state index contributed by atoms with van der Waals surface area (Å²) in [5.41, 5.74) is 8.31. The van der Waals surface area contributed by atoms with E-state index in [2.05, 4.69) is 83.0 Å². The lowest BCUT2D eigenvalue weighted by Gasteiger charge is -2.38. The summed E-state index contributed by atoms with van der Waals surface area (Å²) in [4.78, 5) is 25.6. The summed E-state index contributed by atoms with van der Waals surface area (Å²) in [6.45, 7) is 2.66. The van der Waals surface area contributed by atoms with Crippen molar-refractivity contribution in [2.24, 2.45) is 0 Å². The fourth-order valence-electron chi connectivity index (χ4n) is 6.77. The monoisotopic (exact) mass is 712 g/mol. The summed E-state index contributed by atoms with van der Waals surface area (Å²) >= 11 is 0. The first kappa shape index (κ1) is 37.6. The molecule has 1 saturated heterocycles. The van der Waals surface area contributed by atoms with Crippen LogP contribution in [0.2, 0.25) is 0 Å². The van der Waals surface area contributed by atoms with E-state index in [0.29, 0.717) is 38.8 Å². The molecule has 1 aliphatic rings. The molecule has 6 rings (SSSR count). The number of amides is 1. The Morgan fingerprint density at radius 2 is 1.28 bits per heavy atom. The maximum atomic E-state index is 12.4. The van der Waals surface area contributed by atoms with Crippen LogP contribution >= 0.6 is 0 Å². The first-order chi connectivity index (χ1) is 25.9. The topological polar surface area (TPSA) is 108 Å². The van der Waals surface area contributed by atoms with Crippen molar-refractivity contribution in [2.45, 2.75) is 76.8 Å². The number of aliphatic hydroxyl groups excluding tert-OH is 1. The number of carbonyl (C=O) groups is 2. The van der Waals surface area contributed by atoms with E-state index in [0.717, 1.165) is 46.5 Å². The van der Waals surface area contributed by atoms with E-state index in [1.54, 1.807) is 0 Å². The van der Waals surface area contributed by atoms with E-state index in [1.165, 1.54) is 11.1 Å². The number of carbonyl (C=O) groups excluding carboxylic acids is 1. The van der Waals surface area contributed by atoms with Crippen LogP contribution in [-0.4, -0.2) is 39.6 Å². The molecule has 1 amide bonds. The molecule has 0 spiro atoms. The fraction of sp³-hybridized carbons (Fsp3) is 0.289. The number of nitrogens with one attached hydrogen (secondary N) is 1. The van der Waals surface area contributed by atoms with Crippen LogP contribution < -0.4 is 5.32 Å². The van der Waals surface area contributed by atoms with Gasteiger partial charge < -0.3 is 25.0 Å². The van der Waals surface area contributed by atoms with Crippen LogP contribution in [0.15, 0.2) is 133 Å². The van der Waals surface area contributed by atoms with Gasteiger partial charge in [-0.2, -0.15) is 0 Å². The van der Waals surface area contributed by atoms with Gasteiger partial charge >= 0.3 is 5.97 Å². The number of aliphatic carboxylic acids is 1. The Morgan fingerprint density at radius 1 is 0.660 bits per heavy atom. The van der Waals surface area contributed by atoms with Crippen LogP contribution in [0.4, 0.5) is 0 Å². The molecule has 53 heavy (non-hydrogen) atoms. The highest BCUT2D eigenvalue weighted by Gasteiger charge is 2.33. The minimum atomic E-state index is -0.842. The van der Waals surface area contributed by atoms with Gasteiger partial charge in [-0.3, -0.25) is 14.5 Å². The molecule has 5 aromatic carbocycles. The number of ether oxygens (including phenoxy) is 2. The zero-order valence-corrected chi connectivity index (χ0v) is 30.0. The van der Waals surface area contributed by atoms with Crippen molar-refractivity contribution >= 4 is 11.9 Å². The van der Waals surface area contributed by atoms with Gasteiger partial charge in [0.25, 0.3) is 0 Å². The van der Waals surface area contributed by atoms with Gasteiger partial charge in [0.1, 0.15) is 0 Å². The van der Waals surface area contributed by atoms with E-state index in [-0.39, 0.29) is 31.1 Å². The molecular formula is C45H48N2O6. The Morgan fingerprint density at radius 3 is 1.94 bits per heavy atom. The molecule has 8 nitrogen and oxygen atoms in total. The van der Waals surface area contributed by atoms with E-state index in [1.807, 2.05) is 60.7 Å². The third kappa shape index (κ3) is 11.4. The van der Waals surface area contributed by atoms with E-state index in [4.69, 9.17) is 14.6 Å². The molecule has 0 aromatic heterocycles. The number of unbranched alkanes of at least 4 members (excludes halogenated alkanes) is 1. The molecule has 5 aromatic rings. The Bertz CT molecular complexity index is 1860. The van der Waals surface area contributed by atoms with Crippen molar-refractivity contribution in [3.05, 3.63) is 167 Å². The van der Waals surface area contributed by atoms with Gasteiger partial charge in [0, 0.05) is 51.0 Å². The van der Waals surface area contributed by atoms with Crippen molar-refractivity contribution in [1.29, 1.82) is 0 Å². The lowest BCUT2D eigenvalue weighted by atomic mass is 9.98. The lowest BCUT2D eigenvalue weighted by Crippen LogP contribution is -2.39. The highest BCUT2D eigenvalue weighted by atomic mass is 16.7. The molecule has 3 N–H and O–H groups in total. The molecule has 0 unspecified atom stereocenters. The molecule has 1 fully saturated rings. The molecule has 0 bridgehead atoms. The SMILES string of the molecule is O=C(O)CCCCC(=O)NCc1cccc(-c2cccc([C@@H]3O[C@H](CN(Cc4ccccc4)Cc4ccccc4)C[C@H](c4ccc(CO)cc4)O3)c2)c1. The van der Waals surface area contributed by atoms with Crippen LogP contribution in [0.1, 0.15) is 77.9 Å². The normalized spacial score (nSPS) is 17.1. The summed E-state index contributed by atoms with van der Waals surface area (Å²) < 4.78 is 13.6. The standard InChI is InChI=1S/C45H48N2O6/c48-32-35-21-23-37(24-22-35)42-27-41(31-47(29-33-11-3-1-4-12-33)30-34-13-5-2-6-14-34)52-45(53-42)40-18-10-17-39(26-40)38-16-9-15-36(25-38)28-46-43(49)19-7-8-20-44(50)51/h1-6,9-18,21-26,41-42,45,48H,7-8,19-20,27-32H2,(H,46,49)(H,50,51)/t41-,42+,45+/m0/s1. The maximum Gasteiger partial charge on any atom is 0.303 e. The molecule has 8 heteroatoms. The Labute approximate surface area is 312 Å². The zero-order chi connectivity index (χ0) is 36.8. The number of nitrogens with zero attached hydrogens (tertiary/aromatic N) is 1. The smallest absolute Gasteiger partial charge is 0.303 e. The second kappa shape index (κ2) is 19.1. The number of benzene rings is 5. The van der Waals surface area contributed by atoms with Crippen LogP contribution in [0.25, 0.3) is 11.1 Å². The van der Waals surface area contributed by atoms with Crippen molar-refractivity contribution in [3.8, 4) is 11.1 Å². The number of carboxylic acids is 1. The molecule has 0 aliphatic carbocycles. The molecule has 3 atom stereocenters. The molecule has 0 saturated carbocycles. The van der Waals surface area contributed by atoms with Gasteiger partial charge in [-0.25, -0.2) is 0 Å². The minimum Gasteiger partial charge on any atom is -0.481 e. The van der Waals surface area contributed by atoms with Crippen molar-refractivity contribution in [3.63, 3.8) is 0 Å². The number of carboxylic acid groups (broad SMARTS) is 1. The Kier molecular flexibility index (Phi) is 13.6. The number of hydrogen-bond donors (Lipinski definition) is 3. The number of aliphatic hydroxyl groups is 1. The minimum absolute atomic E-state index is 0.0109. The average molecular weight is 713 g/mol. The average Bonchev–Trinajstić information content (AvgIpc) is 3.19. The first-order valence-electron chi connectivity index (χ1n) is 18.4. The van der Waals surface area contributed by atoms with Crippen LogP contribution in [-0.2, 0) is 45.3 Å². The summed E-state index contributed by atoms with van der Waals surface area (Å²) in [6, 6.07) is 45.4. The summed E-state index contributed by atoms with van der Waals surface area (Å²) in [5, 5.41) is 21.5. The molecule has 0 radical (unpaired) electrons. The second-order valence-corrected chi connectivity index (χ2v) is 13.7. The highest BCUT2D eigenvalue weighted by Crippen LogP contribution is 2.39. The lowest BCUT2D eigenvalue weighted by molar-refractivity contribution is -0.253. The van der Waals surface area contributed by atoms with E-state index < -0.39 is 12.3 Å². The third-order valence-corrected chi connectivity index (χ3v) is 9.53. The molecular weight excluding hydrogens is 665 g/mol. The predicted octanol–water partition coefficient (Wildman–Crippen LogP) is 8.35. The Balaban J connectivity index is 1.20. The third-order valence-electron chi connectivity index (χ3n) is 9.53. The highest BCUT2D eigenvalue weighted by molar-refractivity contribution is 5.76. The van der Waals surface area contributed by atoms with Crippen LogP contribution in [0, 0.1) is 0 Å². The summed E-state index contributed by atoms with van der Waals surface area (Å²) in [5.74, 6) is -0.930. The predicted molar refractivity (Wildman–Crippen MR) is 205 cm³/mol. The summed E-state index contributed by atoms with van der Waals surface area (Å²) in [6.07, 6.45) is 1.16. The van der Waals surface area contributed by atoms with Crippen molar-refractivity contribution in [1.82, 2.24) is 10.2 Å². The zero-order valence-electron chi connectivity index (χ0n) is 30.0. The van der Waals surface area contributed by atoms with Crippen LogP contribution in [0.3, 0.4) is 0 Å². The van der Waals surface area contributed by atoms with E-state index >= 15 is 0 Å². The number of rotatable bonds is 17. The van der Waals surface area contributed by atoms with Gasteiger partial charge in [-0.15, -0.1) is 0 Å².